The van der Waals surface area contributed by atoms with Gasteiger partial charge >= 0.3 is 0 Å². The van der Waals surface area contributed by atoms with Crippen molar-refractivity contribution in [3.05, 3.63) is 23.8 Å². The van der Waals surface area contributed by atoms with Crippen LogP contribution in [0.2, 0.25) is 0 Å². The van der Waals surface area contributed by atoms with E-state index in [4.69, 9.17) is 4.74 Å². The Balaban J connectivity index is 2.18. The van der Waals surface area contributed by atoms with Crippen LogP contribution in [0.4, 0.5) is 11.4 Å². The number of anilines is 2. The molecule has 1 fully saturated rings. The van der Waals surface area contributed by atoms with Crippen LogP contribution in [0.3, 0.4) is 0 Å². The molecule has 0 saturated carbocycles. The number of nitrogens with one attached hydrogen (secondary N) is 1. The monoisotopic (exact) mass is 459 g/mol. The largest absolute Gasteiger partial charge is 0.377 e. The standard InChI is InChI=1S/C27H45N3O3/c1-7-8-9-10-13-25(31)28-22-14-15-24(29(5)6)21(17-22)19-30(20-23-12-11-16-33-23)26(32)18-27(2,3)4/h14-15,17,23H,7-13,16,18-20H2,1-6H3,(H,28,31)/t23-/m1/s1. The second-order valence-corrected chi connectivity index (χ2v) is 10.7. The summed E-state index contributed by atoms with van der Waals surface area (Å²) in [7, 11) is 4.01. The fraction of sp³-hybridized carbons (Fsp3) is 0.704. The molecule has 2 rings (SSSR count). The van der Waals surface area contributed by atoms with Crippen molar-refractivity contribution >= 4 is 23.2 Å². The number of hydrogen-bond donors (Lipinski definition) is 1. The molecule has 0 unspecified atom stereocenters. The number of nitrogens with zero attached hydrogens (tertiary/aromatic N) is 2. The van der Waals surface area contributed by atoms with Crippen LogP contribution in [0.15, 0.2) is 18.2 Å². The molecular formula is C27H45N3O3. The summed E-state index contributed by atoms with van der Waals surface area (Å²) in [5.41, 5.74) is 2.79. The van der Waals surface area contributed by atoms with Crippen LogP contribution in [0.5, 0.6) is 0 Å². The molecule has 0 bridgehead atoms. The lowest BCUT2D eigenvalue weighted by Crippen LogP contribution is -2.38. The molecular weight excluding hydrogens is 414 g/mol. The van der Waals surface area contributed by atoms with E-state index < -0.39 is 0 Å². The molecule has 1 N–H and O–H groups in total. The first-order valence-corrected chi connectivity index (χ1v) is 12.6. The maximum Gasteiger partial charge on any atom is 0.224 e. The van der Waals surface area contributed by atoms with Gasteiger partial charge < -0.3 is 19.9 Å². The molecule has 1 aromatic rings. The number of carbonyl (C=O) groups excluding carboxylic acids is 2. The molecule has 186 valence electrons. The highest BCUT2D eigenvalue weighted by molar-refractivity contribution is 5.91. The highest BCUT2D eigenvalue weighted by atomic mass is 16.5. The molecule has 6 heteroatoms. The van der Waals surface area contributed by atoms with Crippen molar-refractivity contribution in [2.45, 2.75) is 91.7 Å². The molecule has 2 amide bonds. The summed E-state index contributed by atoms with van der Waals surface area (Å²) in [4.78, 5) is 29.7. The Morgan fingerprint density at radius 3 is 2.52 bits per heavy atom. The summed E-state index contributed by atoms with van der Waals surface area (Å²) in [6, 6.07) is 6.00. The van der Waals surface area contributed by atoms with Crippen molar-refractivity contribution in [3.8, 4) is 0 Å². The fourth-order valence-corrected chi connectivity index (χ4v) is 4.22. The van der Waals surface area contributed by atoms with E-state index in [2.05, 4.69) is 37.9 Å². The minimum Gasteiger partial charge on any atom is -0.377 e. The van der Waals surface area contributed by atoms with Gasteiger partial charge in [0.2, 0.25) is 11.8 Å². The van der Waals surface area contributed by atoms with Gasteiger partial charge in [-0.25, -0.2) is 0 Å². The van der Waals surface area contributed by atoms with E-state index in [1.807, 2.05) is 37.2 Å². The molecule has 1 aliphatic heterocycles. The lowest BCUT2D eigenvalue weighted by molar-refractivity contribution is -0.135. The molecule has 0 radical (unpaired) electrons. The molecule has 1 saturated heterocycles. The zero-order valence-electron chi connectivity index (χ0n) is 21.7. The van der Waals surface area contributed by atoms with Crippen molar-refractivity contribution in [1.29, 1.82) is 0 Å². The van der Waals surface area contributed by atoms with Gasteiger partial charge in [0.15, 0.2) is 0 Å². The van der Waals surface area contributed by atoms with Gasteiger partial charge in [0.05, 0.1) is 6.10 Å². The average Bonchev–Trinajstić information content (AvgIpc) is 3.22. The maximum atomic E-state index is 13.3. The van der Waals surface area contributed by atoms with Gasteiger partial charge in [-0.1, -0.05) is 47.0 Å². The van der Waals surface area contributed by atoms with Gasteiger partial charge in [-0.15, -0.1) is 0 Å². The SMILES string of the molecule is CCCCCCC(=O)Nc1ccc(N(C)C)c(CN(C[C@H]2CCCO2)C(=O)CC(C)(C)C)c1. The summed E-state index contributed by atoms with van der Waals surface area (Å²) in [6.07, 6.45) is 7.50. The highest BCUT2D eigenvalue weighted by Gasteiger charge is 2.26. The molecule has 1 aromatic carbocycles. The minimum absolute atomic E-state index is 0.0506. The summed E-state index contributed by atoms with van der Waals surface area (Å²) < 4.78 is 5.85. The maximum absolute atomic E-state index is 13.3. The van der Waals surface area contributed by atoms with E-state index in [0.29, 0.717) is 25.9 Å². The van der Waals surface area contributed by atoms with Crippen LogP contribution in [-0.2, 0) is 20.9 Å². The van der Waals surface area contributed by atoms with Gasteiger partial charge in [0.1, 0.15) is 0 Å². The van der Waals surface area contributed by atoms with E-state index in [1.165, 1.54) is 0 Å². The van der Waals surface area contributed by atoms with Gasteiger partial charge in [-0.3, -0.25) is 9.59 Å². The van der Waals surface area contributed by atoms with Gasteiger partial charge in [-0.05, 0) is 48.4 Å². The number of benzene rings is 1. The smallest absolute Gasteiger partial charge is 0.224 e. The summed E-state index contributed by atoms with van der Waals surface area (Å²) in [5, 5.41) is 3.05. The number of ether oxygens (including phenoxy) is 1. The molecule has 0 aliphatic carbocycles. The normalized spacial score (nSPS) is 16.0. The van der Waals surface area contributed by atoms with E-state index in [-0.39, 0.29) is 23.3 Å². The van der Waals surface area contributed by atoms with Crippen LogP contribution in [0.25, 0.3) is 0 Å². The Morgan fingerprint density at radius 2 is 1.91 bits per heavy atom. The Hall–Kier alpha value is -2.08. The van der Waals surface area contributed by atoms with E-state index in [0.717, 1.165) is 62.1 Å². The average molecular weight is 460 g/mol. The number of rotatable bonds is 12. The minimum atomic E-state index is -0.0795. The third kappa shape index (κ3) is 9.75. The van der Waals surface area contributed by atoms with Crippen LogP contribution < -0.4 is 10.2 Å². The molecule has 1 aliphatic rings. The molecule has 1 atom stereocenters. The first-order chi connectivity index (χ1) is 15.6. The molecule has 0 aromatic heterocycles. The number of hydrogen-bond acceptors (Lipinski definition) is 4. The third-order valence-corrected chi connectivity index (χ3v) is 5.95. The first kappa shape index (κ1) is 27.2. The molecule has 0 spiro atoms. The fourth-order valence-electron chi connectivity index (χ4n) is 4.22. The van der Waals surface area contributed by atoms with Crippen molar-refractivity contribution in [2.75, 3.05) is 37.5 Å². The predicted octanol–water partition coefficient (Wildman–Crippen LogP) is 5.61. The number of carbonyl (C=O) groups is 2. The molecule has 6 nitrogen and oxygen atoms in total. The second kappa shape index (κ2) is 13.0. The zero-order valence-corrected chi connectivity index (χ0v) is 21.7. The summed E-state index contributed by atoms with van der Waals surface area (Å²) in [6.45, 7) is 10.3. The van der Waals surface area contributed by atoms with E-state index in [9.17, 15) is 9.59 Å². The lowest BCUT2D eigenvalue weighted by Gasteiger charge is -2.30. The summed E-state index contributed by atoms with van der Waals surface area (Å²) >= 11 is 0. The van der Waals surface area contributed by atoms with Crippen LogP contribution in [0.1, 0.15) is 84.6 Å². The quantitative estimate of drug-likeness (QED) is 0.413. The Labute approximate surface area is 201 Å². The van der Waals surface area contributed by atoms with Crippen molar-refractivity contribution in [2.24, 2.45) is 5.41 Å². The Morgan fingerprint density at radius 1 is 1.15 bits per heavy atom. The van der Waals surface area contributed by atoms with Gasteiger partial charge in [0.25, 0.3) is 0 Å². The highest BCUT2D eigenvalue weighted by Crippen LogP contribution is 2.27. The third-order valence-electron chi connectivity index (χ3n) is 5.95. The first-order valence-electron chi connectivity index (χ1n) is 12.6. The van der Waals surface area contributed by atoms with Crippen molar-refractivity contribution in [1.82, 2.24) is 4.90 Å². The number of amides is 2. The molecule has 1 heterocycles. The topological polar surface area (TPSA) is 61.9 Å². The van der Waals surface area contributed by atoms with Gasteiger partial charge in [-0.2, -0.15) is 0 Å². The van der Waals surface area contributed by atoms with Crippen LogP contribution >= 0.6 is 0 Å². The van der Waals surface area contributed by atoms with Crippen molar-refractivity contribution < 1.29 is 14.3 Å². The van der Waals surface area contributed by atoms with Gasteiger partial charge in [0, 0.05) is 58.0 Å². The predicted molar refractivity (Wildman–Crippen MR) is 137 cm³/mol. The zero-order chi connectivity index (χ0) is 24.4. The summed E-state index contributed by atoms with van der Waals surface area (Å²) in [5.74, 6) is 0.197. The van der Waals surface area contributed by atoms with Crippen LogP contribution in [0, 0.1) is 5.41 Å². The second-order valence-electron chi connectivity index (χ2n) is 10.7. The van der Waals surface area contributed by atoms with Crippen molar-refractivity contribution in [3.63, 3.8) is 0 Å². The lowest BCUT2D eigenvalue weighted by atomic mass is 9.91. The Bertz CT molecular complexity index is 764. The van der Waals surface area contributed by atoms with Crippen LogP contribution in [-0.4, -0.2) is 50.1 Å². The van der Waals surface area contributed by atoms with E-state index in [1.54, 1.807) is 0 Å². The Kier molecular flexibility index (Phi) is 10.7. The number of unbranched alkanes of at least 4 members (excludes halogenated alkanes) is 3. The van der Waals surface area contributed by atoms with E-state index >= 15 is 0 Å². The molecule has 33 heavy (non-hydrogen) atoms.